The lowest BCUT2D eigenvalue weighted by molar-refractivity contribution is -0.150. The Bertz CT molecular complexity index is 263. The third-order valence-electron chi connectivity index (χ3n) is 2.90. The van der Waals surface area contributed by atoms with Gasteiger partial charge >= 0.3 is 5.97 Å². The summed E-state index contributed by atoms with van der Waals surface area (Å²) < 4.78 is 5.49. The van der Waals surface area contributed by atoms with Gasteiger partial charge in [0.2, 0.25) is 0 Å². The van der Waals surface area contributed by atoms with Crippen LogP contribution in [0.2, 0.25) is 0 Å². The molecule has 0 aromatic rings. The van der Waals surface area contributed by atoms with Gasteiger partial charge in [0.15, 0.2) is 0 Å². The first kappa shape index (κ1) is 18.8. The van der Waals surface area contributed by atoms with Gasteiger partial charge in [-0.1, -0.05) is 34.1 Å². The first-order valence-electron chi connectivity index (χ1n) is 7.31. The summed E-state index contributed by atoms with van der Waals surface area (Å²) in [5.74, 6) is 1.02. The normalized spacial score (nSPS) is 15.1. The molecular weight excluding hydrogens is 258 g/mol. The van der Waals surface area contributed by atoms with Crippen LogP contribution in [0, 0.1) is 0 Å². The second-order valence-corrected chi connectivity index (χ2v) is 7.92. The molecule has 0 fully saturated rings. The van der Waals surface area contributed by atoms with Crippen molar-refractivity contribution in [1.29, 1.82) is 0 Å². The number of carbonyl (C=O) groups excluding carboxylic acids is 1. The third-order valence-corrected chi connectivity index (χ3v) is 4.26. The summed E-state index contributed by atoms with van der Waals surface area (Å²) in [6.07, 6.45) is 3.03. The topological polar surface area (TPSA) is 38.3 Å². The predicted molar refractivity (Wildman–Crippen MR) is 84.8 cm³/mol. The fraction of sp³-hybridized carbons (Fsp3) is 0.933. The van der Waals surface area contributed by atoms with E-state index in [1.165, 1.54) is 0 Å². The maximum Gasteiger partial charge on any atom is 0.326 e. The van der Waals surface area contributed by atoms with E-state index in [2.05, 4.69) is 26.1 Å². The fourth-order valence-electron chi connectivity index (χ4n) is 1.90. The molecule has 0 saturated heterocycles. The summed E-state index contributed by atoms with van der Waals surface area (Å²) in [4.78, 5) is 12.0. The van der Waals surface area contributed by atoms with Crippen molar-refractivity contribution in [3.05, 3.63) is 0 Å². The van der Waals surface area contributed by atoms with Gasteiger partial charge in [-0.05, 0) is 39.0 Å². The minimum Gasteiger partial charge on any atom is -0.465 e. The molecule has 1 unspecified atom stereocenters. The smallest absolute Gasteiger partial charge is 0.326 e. The highest BCUT2D eigenvalue weighted by molar-refractivity contribution is 8.00. The average Bonchev–Trinajstić information content (AvgIpc) is 2.27. The van der Waals surface area contributed by atoms with E-state index in [-0.39, 0.29) is 5.97 Å². The zero-order valence-corrected chi connectivity index (χ0v) is 14.3. The summed E-state index contributed by atoms with van der Waals surface area (Å²) >= 11 is 1.98. The molecule has 114 valence electrons. The number of carbonyl (C=O) groups is 1. The van der Waals surface area contributed by atoms with Crippen LogP contribution >= 0.6 is 11.8 Å². The summed E-state index contributed by atoms with van der Waals surface area (Å²) in [5.41, 5.74) is -0.531. The molecule has 0 aliphatic heterocycles. The second-order valence-electron chi connectivity index (χ2n) is 6.00. The Labute approximate surface area is 123 Å². The van der Waals surface area contributed by atoms with Crippen LogP contribution in [-0.2, 0) is 9.53 Å². The van der Waals surface area contributed by atoms with E-state index in [0.717, 1.165) is 31.6 Å². The molecule has 0 aromatic heterocycles. The molecule has 0 radical (unpaired) electrons. The molecule has 0 aliphatic carbocycles. The zero-order chi connectivity index (χ0) is 14.9. The zero-order valence-electron chi connectivity index (χ0n) is 13.5. The minimum absolute atomic E-state index is 0.125. The summed E-state index contributed by atoms with van der Waals surface area (Å²) in [6.45, 7) is 13.8. The SMILES string of the molecule is CCNC(C)(CCCCSC(C)(C)C)C(=O)OCC. The number of hydrogen-bond acceptors (Lipinski definition) is 4. The van der Waals surface area contributed by atoms with Crippen molar-refractivity contribution in [2.75, 3.05) is 18.9 Å². The average molecular weight is 289 g/mol. The number of nitrogens with one attached hydrogen (secondary N) is 1. The lowest BCUT2D eigenvalue weighted by atomic mass is 9.95. The fourth-order valence-corrected chi connectivity index (χ4v) is 2.86. The summed E-state index contributed by atoms with van der Waals surface area (Å²) in [6, 6.07) is 0. The molecule has 0 amide bonds. The van der Waals surface area contributed by atoms with E-state index in [1.807, 2.05) is 32.5 Å². The summed E-state index contributed by atoms with van der Waals surface area (Å²) in [5, 5.41) is 3.27. The van der Waals surface area contributed by atoms with Crippen LogP contribution in [0.15, 0.2) is 0 Å². The van der Waals surface area contributed by atoms with E-state index in [1.54, 1.807) is 0 Å². The van der Waals surface area contributed by atoms with Crippen LogP contribution < -0.4 is 5.32 Å². The molecule has 1 atom stereocenters. The highest BCUT2D eigenvalue weighted by Gasteiger charge is 2.32. The molecule has 0 bridgehead atoms. The van der Waals surface area contributed by atoms with Crippen molar-refractivity contribution in [2.45, 2.75) is 71.1 Å². The van der Waals surface area contributed by atoms with Crippen LogP contribution in [-0.4, -0.2) is 35.2 Å². The Morgan fingerprint density at radius 2 is 1.79 bits per heavy atom. The highest BCUT2D eigenvalue weighted by Crippen LogP contribution is 2.25. The lowest BCUT2D eigenvalue weighted by Crippen LogP contribution is -2.50. The van der Waals surface area contributed by atoms with Gasteiger partial charge in [-0.25, -0.2) is 0 Å². The van der Waals surface area contributed by atoms with E-state index in [9.17, 15) is 4.79 Å². The number of thioether (sulfide) groups is 1. The van der Waals surface area contributed by atoms with Gasteiger partial charge in [-0.2, -0.15) is 11.8 Å². The van der Waals surface area contributed by atoms with E-state index in [4.69, 9.17) is 4.74 Å². The van der Waals surface area contributed by atoms with Gasteiger partial charge in [0.25, 0.3) is 0 Å². The molecule has 1 N–H and O–H groups in total. The number of ether oxygens (including phenoxy) is 1. The van der Waals surface area contributed by atoms with Gasteiger partial charge in [0.05, 0.1) is 6.61 Å². The molecule has 0 spiro atoms. The molecule has 0 rings (SSSR count). The Morgan fingerprint density at radius 3 is 2.26 bits per heavy atom. The van der Waals surface area contributed by atoms with Gasteiger partial charge in [-0.3, -0.25) is 4.79 Å². The van der Waals surface area contributed by atoms with Crippen molar-refractivity contribution in [3.8, 4) is 0 Å². The first-order chi connectivity index (χ1) is 8.75. The molecule has 0 aliphatic rings. The van der Waals surface area contributed by atoms with Crippen molar-refractivity contribution >= 4 is 17.7 Å². The van der Waals surface area contributed by atoms with Gasteiger partial charge in [0.1, 0.15) is 5.54 Å². The minimum atomic E-state index is -0.531. The van der Waals surface area contributed by atoms with Gasteiger partial charge < -0.3 is 10.1 Å². The Hall–Kier alpha value is -0.220. The van der Waals surface area contributed by atoms with Gasteiger partial charge in [0, 0.05) is 4.75 Å². The van der Waals surface area contributed by atoms with Gasteiger partial charge in [-0.15, -0.1) is 0 Å². The standard InChI is InChI=1S/C15H31NO2S/c1-7-16-15(6,13(17)18-8-2)11-9-10-12-19-14(3,4)5/h16H,7-12H2,1-6H3. The highest BCUT2D eigenvalue weighted by atomic mass is 32.2. The quantitative estimate of drug-likeness (QED) is 0.520. The van der Waals surface area contributed by atoms with E-state index < -0.39 is 5.54 Å². The van der Waals surface area contributed by atoms with E-state index >= 15 is 0 Å². The maximum atomic E-state index is 12.0. The largest absolute Gasteiger partial charge is 0.465 e. The van der Waals surface area contributed by atoms with E-state index in [0.29, 0.717) is 11.4 Å². The summed E-state index contributed by atoms with van der Waals surface area (Å²) in [7, 11) is 0. The molecule has 19 heavy (non-hydrogen) atoms. The Balaban J connectivity index is 4.11. The van der Waals surface area contributed by atoms with Crippen LogP contribution in [0.4, 0.5) is 0 Å². The van der Waals surface area contributed by atoms with Crippen molar-refractivity contribution in [3.63, 3.8) is 0 Å². The number of unbranched alkanes of at least 4 members (excludes halogenated alkanes) is 1. The lowest BCUT2D eigenvalue weighted by Gasteiger charge is -2.28. The van der Waals surface area contributed by atoms with Crippen LogP contribution in [0.1, 0.15) is 60.8 Å². The predicted octanol–water partition coefficient (Wildman–Crippen LogP) is 3.62. The van der Waals surface area contributed by atoms with Crippen molar-refractivity contribution in [1.82, 2.24) is 5.32 Å². The number of likely N-dealkylation sites (N-methyl/N-ethyl adjacent to an activating group) is 1. The van der Waals surface area contributed by atoms with Crippen LogP contribution in [0.3, 0.4) is 0 Å². The number of rotatable bonds is 9. The molecule has 3 nitrogen and oxygen atoms in total. The monoisotopic (exact) mass is 289 g/mol. The molecule has 0 saturated carbocycles. The Kier molecular flexibility index (Phi) is 8.75. The molecule has 0 heterocycles. The molecule has 0 aromatic carbocycles. The third kappa shape index (κ3) is 8.53. The molecule has 4 heteroatoms. The van der Waals surface area contributed by atoms with Crippen LogP contribution in [0.5, 0.6) is 0 Å². The van der Waals surface area contributed by atoms with Crippen LogP contribution in [0.25, 0.3) is 0 Å². The number of hydrogen-bond donors (Lipinski definition) is 1. The molecular formula is C15H31NO2S. The first-order valence-corrected chi connectivity index (χ1v) is 8.30. The van der Waals surface area contributed by atoms with Crippen molar-refractivity contribution in [2.24, 2.45) is 0 Å². The van der Waals surface area contributed by atoms with Crippen molar-refractivity contribution < 1.29 is 9.53 Å². The Morgan fingerprint density at radius 1 is 1.16 bits per heavy atom. The second kappa shape index (κ2) is 8.85. The maximum absolute atomic E-state index is 12.0. The number of esters is 1.